The molecule has 3 rings (SSSR count). The first-order valence-electron chi connectivity index (χ1n) is 10.6. The molecule has 3 aliphatic heterocycles. The third-order valence-corrected chi connectivity index (χ3v) is 7.12. The first-order chi connectivity index (χ1) is 12.7. The number of piperidine rings is 2. The fourth-order valence-electron chi connectivity index (χ4n) is 4.68. The Balaban J connectivity index is 1.43. The van der Waals surface area contributed by atoms with Gasteiger partial charge in [0.15, 0.2) is 0 Å². The van der Waals surface area contributed by atoms with Crippen molar-refractivity contribution in [3.63, 3.8) is 0 Å². The lowest BCUT2D eigenvalue weighted by Crippen LogP contribution is -2.51. The van der Waals surface area contributed by atoms with E-state index in [2.05, 4.69) is 21.6 Å². The van der Waals surface area contributed by atoms with Crippen LogP contribution in [0.15, 0.2) is 0 Å². The molecule has 0 N–H and O–H groups in total. The number of hydrogen-bond donors (Lipinski definition) is 0. The third-order valence-electron chi connectivity index (χ3n) is 6.22. The van der Waals surface area contributed by atoms with Gasteiger partial charge in [-0.05, 0) is 50.8 Å². The van der Waals surface area contributed by atoms with Gasteiger partial charge in [0.1, 0.15) is 0 Å². The summed E-state index contributed by atoms with van der Waals surface area (Å²) in [7, 11) is 0. The van der Waals surface area contributed by atoms with E-state index in [9.17, 15) is 9.59 Å². The second-order valence-corrected chi connectivity index (χ2v) is 9.32. The minimum Gasteiger partial charge on any atom is -0.343 e. The first-order valence-corrected chi connectivity index (χ1v) is 11.7. The average molecular weight is 382 g/mol. The van der Waals surface area contributed by atoms with Crippen LogP contribution >= 0.6 is 11.8 Å². The monoisotopic (exact) mass is 381 g/mol. The number of carbonyl (C=O) groups excluding carboxylic acids is 2. The second kappa shape index (κ2) is 9.98. The molecule has 3 aliphatic rings. The molecule has 1 unspecified atom stereocenters. The molecule has 0 aromatic rings. The van der Waals surface area contributed by atoms with Crippen molar-refractivity contribution in [2.45, 2.75) is 57.9 Å². The zero-order valence-corrected chi connectivity index (χ0v) is 17.1. The zero-order valence-electron chi connectivity index (χ0n) is 16.3. The Morgan fingerprint density at radius 3 is 2.35 bits per heavy atom. The Morgan fingerprint density at radius 2 is 1.65 bits per heavy atom. The molecule has 0 saturated carbocycles. The van der Waals surface area contributed by atoms with E-state index in [-0.39, 0.29) is 5.92 Å². The Hall–Kier alpha value is -0.750. The molecular formula is C20H35N3O2S. The maximum absolute atomic E-state index is 12.7. The molecule has 0 bridgehead atoms. The number of hydrogen-bond acceptors (Lipinski definition) is 4. The van der Waals surface area contributed by atoms with Crippen LogP contribution < -0.4 is 0 Å². The Bertz CT molecular complexity index is 474. The summed E-state index contributed by atoms with van der Waals surface area (Å²) >= 11 is 1.85. The molecule has 0 spiro atoms. The van der Waals surface area contributed by atoms with Crippen molar-refractivity contribution in [2.24, 2.45) is 5.92 Å². The molecule has 1 atom stereocenters. The van der Waals surface area contributed by atoms with Gasteiger partial charge in [-0.3, -0.25) is 14.5 Å². The molecular weight excluding hydrogens is 346 g/mol. The van der Waals surface area contributed by atoms with Gasteiger partial charge in [-0.2, -0.15) is 11.8 Å². The van der Waals surface area contributed by atoms with Crippen LogP contribution in [0.3, 0.4) is 0 Å². The van der Waals surface area contributed by atoms with E-state index >= 15 is 0 Å². The normalized spacial score (nSPS) is 25.7. The van der Waals surface area contributed by atoms with Crippen molar-refractivity contribution < 1.29 is 9.59 Å². The largest absolute Gasteiger partial charge is 0.343 e. The van der Waals surface area contributed by atoms with Gasteiger partial charge in [0.2, 0.25) is 11.8 Å². The maximum Gasteiger partial charge on any atom is 0.226 e. The van der Waals surface area contributed by atoms with Crippen molar-refractivity contribution in [3.8, 4) is 0 Å². The summed E-state index contributed by atoms with van der Waals surface area (Å²) in [6, 6.07) is 0.554. The SMILES string of the molecule is CCSCCC(=O)N1CCC(N2CCCC(C(=O)N3CCCC3)C2)CC1. The van der Waals surface area contributed by atoms with Gasteiger partial charge >= 0.3 is 0 Å². The van der Waals surface area contributed by atoms with Crippen LogP contribution in [0, 0.1) is 5.92 Å². The van der Waals surface area contributed by atoms with Crippen molar-refractivity contribution in [2.75, 3.05) is 50.8 Å². The molecule has 3 heterocycles. The highest BCUT2D eigenvalue weighted by molar-refractivity contribution is 7.99. The van der Waals surface area contributed by atoms with Crippen LogP contribution in [0.4, 0.5) is 0 Å². The van der Waals surface area contributed by atoms with Crippen molar-refractivity contribution >= 4 is 23.6 Å². The van der Waals surface area contributed by atoms with Gasteiger partial charge in [-0.25, -0.2) is 0 Å². The summed E-state index contributed by atoms with van der Waals surface area (Å²) in [6.07, 6.45) is 7.35. The lowest BCUT2D eigenvalue weighted by atomic mass is 9.93. The molecule has 0 aromatic heterocycles. The van der Waals surface area contributed by atoms with Crippen molar-refractivity contribution in [1.29, 1.82) is 0 Å². The zero-order chi connectivity index (χ0) is 18.4. The lowest BCUT2D eigenvalue weighted by molar-refractivity contribution is -0.136. The van der Waals surface area contributed by atoms with E-state index in [1.54, 1.807) is 0 Å². The van der Waals surface area contributed by atoms with Crippen LogP contribution in [0.1, 0.15) is 51.9 Å². The Labute approximate surface area is 162 Å². The average Bonchev–Trinajstić information content (AvgIpc) is 3.22. The molecule has 26 heavy (non-hydrogen) atoms. The molecule has 6 heteroatoms. The minimum absolute atomic E-state index is 0.201. The van der Waals surface area contributed by atoms with Gasteiger partial charge in [0, 0.05) is 50.9 Å². The lowest BCUT2D eigenvalue weighted by Gasteiger charge is -2.42. The van der Waals surface area contributed by atoms with Crippen LogP contribution in [-0.2, 0) is 9.59 Å². The third kappa shape index (κ3) is 5.16. The van der Waals surface area contributed by atoms with Crippen LogP contribution in [0.25, 0.3) is 0 Å². The van der Waals surface area contributed by atoms with E-state index in [1.165, 1.54) is 12.8 Å². The summed E-state index contributed by atoms with van der Waals surface area (Å²) in [6.45, 7) is 7.90. The second-order valence-electron chi connectivity index (χ2n) is 7.93. The quantitative estimate of drug-likeness (QED) is 0.663. The van der Waals surface area contributed by atoms with Gasteiger partial charge in [0.05, 0.1) is 5.92 Å². The number of nitrogens with zero attached hydrogens (tertiary/aromatic N) is 3. The standard InChI is InChI=1S/C20H35N3O2S/c1-2-26-15-9-19(24)21-13-7-18(8-14-21)23-12-5-6-17(16-23)20(25)22-10-3-4-11-22/h17-18H,2-16H2,1H3. The van der Waals surface area contributed by atoms with Crippen LogP contribution in [0.5, 0.6) is 0 Å². The Morgan fingerprint density at radius 1 is 0.923 bits per heavy atom. The molecule has 2 amide bonds. The molecule has 5 nitrogen and oxygen atoms in total. The maximum atomic E-state index is 12.7. The van der Waals surface area contributed by atoms with Crippen LogP contribution in [-0.4, -0.2) is 83.3 Å². The predicted molar refractivity (Wildman–Crippen MR) is 107 cm³/mol. The highest BCUT2D eigenvalue weighted by atomic mass is 32.2. The van der Waals surface area contributed by atoms with E-state index < -0.39 is 0 Å². The molecule has 0 aliphatic carbocycles. The van der Waals surface area contributed by atoms with Gasteiger partial charge < -0.3 is 9.80 Å². The van der Waals surface area contributed by atoms with E-state index in [1.807, 2.05) is 11.8 Å². The summed E-state index contributed by atoms with van der Waals surface area (Å²) < 4.78 is 0. The first kappa shape index (κ1) is 20.0. The number of amides is 2. The highest BCUT2D eigenvalue weighted by Gasteiger charge is 2.34. The summed E-state index contributed by atoms with van der Waals surface area (Å²) in [5, 5.41) is 0. The van der Waals surface area contributed by atoms with Gasteiger partial charge in [-0.1, -0.05) is 6.92 Å². The van der Waals surface area contributed by atoms with Crippen LogP contribution in [0.2, 0.25) is 0 Å². The number of likely N-dealkylation sites (tertiary alicyclic amines) is 3. The number of thioether (sulfide) groups is 1. The molecule has 0 radical (unpaired) electrons. The summed E-state index contributed by atoms with van der Waals surface area (Å²) in [5.41, 5.74) is 0. The molecule has 0 aromatic carbocycles. The van der Waals surface area contributed by atoms with E-state index in [0.29, 0.717) is 24.3 Å². The summed E-state index contributed by atoms with van der Waals surface area (Å²) in [4.78, 5) is 31.7. The molecule has 148 valence electrons. The van der Waals surface area contributed by atoms with E-state index in [4.69, 9.17) is 0 Å². The highest BCUT2D eigenvalue weighted by Crippen LogP contribution is 2.26. The Kier molecular flexibility index (Phi) is 7.67. The van der Waals surface area contributed by atoms with Crippen molar-refractivity contribution in [3.05, 3.63) is 0 Å². The number of rotatable bonds is 6. The predicted octanol–water partition coefficient (Wildman–Crippen LogP) is 2.46. The number of carbonyl (C=O) groups is 2. The smallest absolute Gasteiger partial charge is 0.226 e. The molecule has 3 saturated heterocycles. The fourth-order valence-corrected chi connectivity index (χ4v) is 5.29. The molecule has 3 fully saturated rings. The fraction of sp³-hybridized carbons (Fsp3) is 0.900. The van der Waals surface area contributed by atoms with Gasteiger partial charge in [-0.15, -0.1) is 0 Å². The van der Waals surface area contributed by atoms with E-state index in [0.717, 1.165) is 76.5 Å². The topological polar surface area (TPSA) is 43.9 Å². The minimum atomic E-state index is 0.201. The summed E-state index contributed by atoms with van der Waals surface area (Å²) in [5.74, 6) is 2.95. The van der Waals surface area contributed by atoms with Gasteiger partial charge in [0.25, 0.3) is 0 Å². The van der Waals surface area contributed by atoms with Crippen molar-refractivity contribution in [1.82, 2.24) is 14.7 Å².